The van der Waals surface area contributed by atoms with Crippen molar-refractivity contribution in [1.29, 1.82) is 0 Å². The first kappa shape index (κ1) is 14.1. The molecule has 4 heterocycles. The lowest BCUT2D eigenvalue weighted by Crippen LogP contribution is -2.53. The van der Waals surface area contributed by atoms with Crippen LogP contribution < -0.4 is 10.2 Å². The zero-order valence-corrected chi connectivity index (χ0v) is 12.9. The minimum atomic E-state index is -0.161. The van der Waals surface area contributed by atoms with Gasteiger partial charge in [-0.25, -0.2) is 9.97 Å². The molecular weight excluding hydrogens is 290 g/mol. The Morgan fingerprint density at radius 1 is 1.13 bits per heavy atom. The van der Waals surface area contributed by atoms with Crippen LogP contribution in [0.4, 0.5) is 5.95 Å². The third-order valence-corrected chi connectivity index (χ3v) is 5.02. The molecule has 2 aliphatic rings. The van der Waals surface area contributed by atoms with Crippen molar-refractivity contribution in [1.82, 2.24) is 20.3 Å². The van der Waals surface area contributed by atoms with Crippen LogP contribution in [0.1, 0.15) is 30.7 Å². The fourth-order valence-electron chi connectivity index (χ4n) is 3.85. The molecule has 6 heteroatoms. The van der Waals surface area contributed by atoms with Gasteiger partial charge in [0.05, 0.1) is 5.54 Å². The molecule has 1 atom stereocenters. The Morgan fingerprint density at radius 2 is 1.91 bits per heavy atom. The molecular formula is C17H19N5O. The van der Waals surface area contributed by atoms with Crippen molar-refractivity contribution in [3.63, 3.8) is 0 Å². The first-order valence-corrected chi connectivity index (χ1v) is 8.00. The summed E-state index contributed by atoms with van der Waals surface area (Å²) in [5.74, 6) is 1.11. The number of rotatable bonds is 2. The summed E-state index contributed by atoms with van der Waals surface area (Å²) in [4.78, 5) is 27.2. The minimum Gasteiger partial charge on any atom is -0.350 e. The topological polar surface area (TPSA) is 71.0 Å². The Labute approximate surface area is 135 Å². The number of amides is 1. The maximum atomic E-state index is 12.1. The van der Waals surface area contributed by atoms with E-state index in [1.165, 1.54) is 0 Å². The van der Waals surface area contributed by atoms with E-state index in [0.717, 1.165) is 37.4 Å². The molecule has 0 saturated carbocycles. The van der Waals surface area contributed by atoms with Crippen LogP contribution in [0, 0.1) is 0 Å². The SMILES string of the molecule is O=C1C[C@H](c2cccnc2)C2(CCN(c3ncccn3)CC2)N1. The largest absolute Gasteiger partial charge is 0.350 e. The maximum absolute atomic E-state index is 12.1. The van der Waals surface area contributed by atoms with Crippen molar-refractivity contribution in [3.8, 4) is 0 Å². The van der Waals surface area contributed by atoms with Gasteiger partial charge in [0, 0.05) is 50.2 Å². The Balaban J connectivity index is 1.56. The maximum Gasteiger partial charge on any atom is 0.225 e. The number of piperidine rings is 1. The second-order valence-electron chi connectivity index (χ2n) is 6.28. The average Bonchev–Trinajstić information content (AvgIpc) is 2.93. The summed E-state index contributed by atoms with van der Waals surface area (Å²) < 4.78 is 0. The average molecular weight is 309 g/mol. The molecule has 0 aromatic carbocycles. The van der Waals surface area contributed by atoms with Gasteiger partial charge in [-0.2, -0.15) is 0 Å². The van der Waals surface area contributed by atoms with Gasteiger partial charge in [0.1, 0.15) is 0 Å². The fraction of sp³-hybridized carbons (Fsp3) is 0.412. The first-order chi connectivity index (χ1) is 11.3. The highest BCUT2D eigenvalue weighted by molar-refractivity contribution is 5.81. The number of nitrogens with one attached hydrogen (secondary N) is 1. The van der Waals surface area contributed by atoms with E-state index in [2.05, 4.69) is 31.2 Å². The van der Waals surface area contributed by atoms with Crippen molar-refractivity contribution >= 4 is 11.9 Å². The number of carbonyl (C=O) groups is 1. The van der Waals surface area contributed by atoms with Crippen LogP contribution >= 0.6 is 0 Å². The molecule has 23 heavy (non-hydrogen) atoms. The predicted molar refractivity (Wildman–Crippen MR) is 85.9 cm³/mol. The lowest BCUT2D eigenvalue weighted by Gasteiger charge is -2.42. The fourth-order valence-corrected chi connectivity index (χ4v) is 3.85. The Bertz CT molecular complexity index is 683. The number of pyridine rings is 1. The van der Waals surface area contributed by atoms with E-state index in [0.29, 0.717) is 6.42 Å². The van der Waals surface area contributed by atoms with Gasteiger partial charge in [-0.3, -0.25) is 9.78 Å². The van der Waals surface area contributed by atoms with Gasteiger partial charge in [-0.05, 0) is 30.5 Å². The van der Waals surface area contributed by atoms with E-state index in [4.69, 9.17) is 0 Å². The van der Waals surface area contributed by atoms with E-state index >= 15 is 0 Å². The Kier molecular flexibility index (Phi) is 3.44. The molecule has 0 radical (unpaired) electrons. The summed E-state index contributed by atoms with van der Waals surface area (Å²) in [6.07, 6.45) is 9.54. The van der Waals surface area contributed by atoms with Crippen LogP contribution in [-0.2, 0) is 4.79 Å². The van der Waals surface area contributed by atoms with Gasteiger partial charge in [0.15, 0.2) is 0 Å². The first-order valence-electron chi connectivity index (χ1n) is 8.00. The van der Waals surface area contributed by atoms with Crippen molar-refractivity contribution < 1.29 is 4.79 Å². The zero-order chi connectivity index (χ0) is 15.7. The van der Waals surface area contributed by atoms with Crippen molar-refractivity contribution in [2.45, 2.75) is 30.7 Å². The molecule has 2 saturated heterocycles. The van der Waals surface area contributed by atoms with Crippen molar-refractivity contribution in [2.75, 3.05) is 18.0 Å². The molecule has 1 amide bonds. The van der Waals surface area contributed by atoms with Crippen LogP contribution in [0.5, 0.6) is 0 Å². The molecule has 6 nitrogen and oxygen atoms in total. The number of hydrogen-bond acceptors (Lipinski definition) is 5. The van der Waals surface area contributed by atoms with Gasteiger partial charge in [0.2, 0.25) is 11.9 Å². The van der Waals surface area contributed by atoms with Gasteiger partial charge >= 0.3 is 0 Å². The molecule has 0 bridgehead atoms. The summed E-state index contributed by atoms with van der Waals surface area (Å²) in [5.41, 5.74) is 0.987. The lowest BCUT2D eigenvalue weighted by molar-refractivity contribution is -0.119. The quantitative estimate of drug-likeness (QED) is 0.910. The molecule has 1 N–H and O–H groups in total. The zero-order valence-electron chi connectivity index (χ0n) is 12.9. The van der Waals surface area contributed by atoms with Crippen molar-refractivity contribution in [3.05, 3.63) is 48.5 Å². The number of carbonyl (C=O) groups excluding carboxylic acids is 1. The predicted octanol–water partition coefficient (Wildman–Crippen LogP) is 1.51. The highest BCUT2D eigenvalue weighted by Crippen LogP contribution is 2.43. The molecule has 118 valence electrons. The Morgan fingerprint density at radius 3 is 2.61 bits per heavy atom. The summed E-state index contributed by atoms with van der Waals surface area (Å²) in [6, 6.07) is 5.84. The molecule has 2 fully saturated rings. The van der Waals surface area contributed by atoms with Gasteiger partial charge in [0.25, 0.3) is 0 Å². The number of aromatic nitrogens is 3. The van der Waals surface area contributed by atoms with Crippen molar-refractivity contribution in [2.24, 2.45) is 0 Å². The third kappa shape index (κ3) is 2.54. The van der Waals surface area contributed by atoms with Crippen LogP contribution in [-0.4, -0.2) is 39.5 Å². The highest BCUT2D eigenvalue weighted by Gasteiger charge is 2.48. The van der Waals surface area contributed by atoms with Gasteiger partial charge in [-0.1, -0.05) is 6.07 Å². The molecule has 1 spiro atoms. The third-order valence-electron chi connectivity index (χ3n) is 5.02. The molecule has 0 unspecified atom stereocenters. The standard InChI is InChI=1S/C17H19N5O/c23-15-11-14(13-3-1-6-18-12-13)17(21-15)4-9-22(10-5-17)16-19-7-2-8-20-16/h1-3,6-8,12,14H,4-5,9-11H2,(H,21,23)/t14-/m1/s1. The molecule has 4 rings (SSSR count). The molecule has 2 aromatic rings. The van der Waals surface area contributed by atoms with E-state index in [9.17, 15) is 4.79 Å². The van der Waals surface area contributed by atoms with E-state index < -0.39 is 0 Å². The lowest BCUT2D eigenvalue weighted by atomic mass is 9.75. The van der Waals surface area contributed by atoms with Gasteiger partial charge in [-0.15, -0.1) is 0 Å². The van der Waals surface area contributed by atoms with Gasteiger partial charge < -0.3 is 10.2 Å². The highest BCUT2D eigenvalue weighted by atomic mass is 16.2. The molecule has 0 aliphatic carbocycles. The smallest absolute Gasteiger partial charge is 0.225 e. The van der Waals surface area contributed by atoms with Crippen LogP contribution in [0.3, 0.4) is 0 Å². The van der Waals surface area contributed by atoms with E-state index in [1.54, 1.807) is 18.6 Å². The van der Waals surface area contributed by atoms with Crippen LogP contribution in [0.2, 0.25) is 0 Å². The minimum absolute atomic E-state index is 0.142. The molecule has 2 aliphatic heterocycles. The second kappa shape index (κ2) is 5.61. The number of nitrogens with zero attached hydrogens (tertiary/aromatic N) is 4. The summed E-state index contributed by atoms with van der Waals surface area (Å²) in [7, 11) is 0. The monoisotopic (exact) mass is 309 g/mol. The summed E-state index contributed by atoms with van der Waals surface area (Å²) in [6.45, 7) is 1.70. The molecule has 2 aromatic heterocycles. The number of hydrogen-bond donors (Lipinski definition) is 1. The van der Waals surface area contributed by atoms with Crippen LogP contribution in [0.25, 0.3) is 0 Å². The van der Waals surface area contributed by atoms with Crippen LogP contribution in [0.15, 0.2) is 43.0 Å². The normalized spacial score (nSPS) is 23.0. The second-order valence-corrected chi connectivity index (χ2v) is 6.28. The van der Waals surface area contributed by atoms with E-state index in [-0.39, 0.29) is 17.4 Å². The number of anilines is 1. The summed E-state index contributed by atoms with van der Waals surface area (Å²) >= 11 is 0. The van der Waals surface area contributed by atoms with E-state index in [1.807, 2.05) is 18.3 Å². The summed E-state index contributed by atoms with van der Waals surface area (Å²) in [5, 5.41) is 3.26. The Hall–Kier alpha value is -2.50.